The van der Waals surface area contributed by atoms with Gasteiger partial charge in [-0.3, -0.25) is 14.3 Å². The minimum absolute atomic E-state index is 0.128. The third-order valence-electron chi connectivity index (χ3n) is 8.38. The fraction of sp³-hybridized carbons (Fsp3) is 0.438. The second-order valence-corrected chi connectivity index (χ2v) is 13.6. The average molecular weight is 717 g/mol. The molecule has 4 N–H and O–H groups in total. The first-order valence-corrected chi connectivity index (χ1v) is 16.4. The predicted molar refractivity (Wildman–Crippen MR) is 177 cm³/mol. The molecule has 3 aromatic heterocycles. The zero-order valence-electron chi connectivity index (χ0n) is 27.5. The maximum atomic E-state index is 13.5. The van der Waals surface area contributed by atoms with Crippen molar-refractivity contribution in [2.75, 3.05) is 31.5 Å². The number of hydrogen-bond acceptors (Lipinski definition) is 8. The van der Waals surface area contributed by atoms with Crippen molar-refractivity contribution in [3.8, 4) is 11.3 Å². The summed E-state index contributed by atoms with van der Waals surface area (Å²) in [4.78, 5) is 50.2. The first-order chi connectivity index (χ1) is 23.7. The predicted octanol–water partition coefficient (Wildman–Crippen LogP) is 5.45. The molecule has 2 fully saturated rings. The van der Waals surface area contributed by atoms with Gasteiger partial charge in [0.2, 0.25) is 0 Å². The van der Waals surface area contributed by atoms with Crippen molar-refractivity contribution < 1.29 is 32.3 Å². The molecule has 5 heterocycles. The van der Waals surface area contributed by atoms with Crippen LogP contribution in [0.15, 0.2) is 43.0 Å². The number of anilines is 2. The molecule has 0 spiro atoms. The largest absolute Gasteiger partial charge is 0.444 e. The summed E-state index contributed by atoms with van der Waals surface area (Å²) in [5.74, 6) is 0.00852. The van der Waals surface area contributed by atoms with Crippen LogP contribution in [0.1, 0.15) is 56.1 Å². The molecule has 2 aliphatic heterocycles. The number of imidazole rings is 1. The quantitative estimate of drug-likeness (QED) is 0.205. The lowest BCUT2D eigenvalue weighted by atomic mass is 10.0. The van der Waals surface area contributed by atoms with Crippen LogP contribution in [0.4, 0.5) is 34.3 Å². The molecule has 0 radical (unpaired) electrons. The molecule has 14 nitrogen and oxygen atoms in total. The van der Waals surface area contributed by atoms with Gasteiger partial charge in [0.15, 0.2) is 11.5 Å². The van der Waals surface area contributed by atoms with Gasteiger partial charge >= 0.3 is 18.3 Å². The van der Waals surface area contributed by atoms with E-state index in [-0.39, 0.29) is 51.8 Å². The van der Waals surface area contributed by atoms with Gasteiger partial charge in [-0.1, -0.05) is 11.6 Å². The lowest BCUT2D eigenvalue weighted by molar-refractivity contribution is -0.140. The van der Waals surface area contributed by atoms with E-state index in [2.05, 4.69) is 31.0 Å². The number of carbonyl (C=O) groups excluding carboxylic acids is 3. The van der Waals surface area contributed by atoms with E-state index in [0.717, 1.165) is 6.20 Å². The molecule has 266 valence electrons. The number of benzene rings is 1. The maximum absolute atomic E-state index is 13.5. The number of halogens is 4. The summed E-state index contributed by atoms with van der Waals surface area (Å²) < 4.78 is 47.3. The van der Waals surface area contributed by atoms with Crippen LogP contribution in [0.5, 0.6) is 0 Å². The molecule has 1 unspecified atom stereocenters. The summed E-state index contributed by atoms with van der Waals surface area (Å²) in [5.41, 5.74) is -0.516. The number of nitrogens with one attached hydrogen (secondary N) is 4. The lowest BCUT2D eigenvalue weighted by Gasteiger charge is -2.33. The fourth-order valence-corrected chi connectivity index (χ4v) is 6.25. The highest BCUT2D eigenvalue weighted by atomic mass is 35.5. The van der Waals surface area contributed by atoms with Crippen LogP contribution in [0, 0.1) is 0 Å². The van der Waals surface area contributed by atoms with Crippen molar-refractivity contribution in [3.63, 3.8) is 0 Å². The molecule has 2 saturated heterocycles. The molecule has 50 heavy (non-hydrogen) atoms. The van der Waals surface area contributed by atoms with Gasteiger partial charge in [-0.15, -0.1) is 0 Å². The molecule has 2 aliphatic rings. The molecule has 0 aliphatic carbocycles. The number of H-pyrrole nitrogens is 1. The number of nitrogens with zero attached hydrogens (tertiary/aromatic N) is 6. The van der Waals surface area contributed by atoms with Crippen LogP contribution in [0.3, 0.4) is 0 Å². The number of ether oxygens (including phenoxy) is 1. The van der Waals surface area contributed by atoms with E-state index in [4.69, 9.17) is 16.3 Å². The number of aromatic nitrogens is 5. The van der Waals surface area contributed by atoms with Crippen LogP contribution >= 0.6 is 11.6 Å². The van der Waals surface area contributed by atoms with Crippen LogP contribution in [0.2, 0.25) is 5.02 Å². The van der Waals surface area contributed by atoms with Crippen LogP contribution in [0.25, 0.3) is 16.9 Å². The number of likely N-dealkylation sites (tertiary alicyclic amines) is 2. The number of fused-ring (bicyclic) bond motifs is 1. The Hall–Kier alpha value is -5.06. The second kappa shape index (κ2) is 13.7. The summed E-state index contributed by atoms with van der Waals surface area (Å²) >= 11 is 6.56. The van der Waals surface area contributed by atoms with Crippen molar-refractivity contribution in [3.05, 3.63) is 59.3 Å². The van der Waals surface area contributed by atoms with E-state index < -0.39 is 23.6 Å². The van der Waals surface area contributed by atoms with E-state index >= 15 is 0 Å². The molecule has 1 aromatic carbocycles. The van der Waals surface area contributed by atoms with Crippen LogP contribution < -0.4 is 16.0 Å². The summed E-state index contributed by atoms with van der Waals surface area (Å²) in [7, 11) is 0. The number of rotatable bonds is 6. The highest BCUT2D eigenvalue weighted by Gasteiger charge is 2.37. The van der Waals surface area contributed by atoms with Gasteiger partial charge in [0, 0.05) is 56.3 Å². The Kier molecular flexibility index (Phi) is 9.52. The standard InChI is InChI=1S/C32H36ClF3N10O4/c1-31(2,3)50-30(49)45-12-8-20(17-45)42-29(48)41-18-6-10-44(11-7-18)28(47)21-5-4-19(14-23(21)33)40-26-27-38-16-24(46(27)13-9-37-26)22-15-39-43-25(22)32(34,35)36/h4-5,9,13-16,18,20H,6-8,10-12,17H2,1-3H3,(H,37,40)(H,39,43)(H2,41,42,48). The maximum Gasteiger partial charge on any atom is 0.433 e. The van der Waals surface area contributed by atoms with Crippen molar-refractivity contribution in [1.29, 1.82) is 0 Å². The van der Waals surface area contributed by atoms with E-state index in [1.807, 2.05) is 5.10 Å². The number of alkyl halides is 3. The SMILES string of the molecule is CC(C)(C)OC(=O)N1CCC(NC(=O)NC2CCN(C(=O)c3ccc(Nc4nccn5c(-c6cn[nH]c6C(F)(F)F)cnc45)cc3Cl)CC2)C1. The van der Waals surface area contributed by atoms with Gasteiger partial charge in [0.1, 0.15) is 11.3 Å². The van der Waals surface area contributed by atoms with E-state index in [1.165, 1.54) is 23.0 Å². The molecule has 1 atom stereocenters. The van der Waals surface area contributed by atoms with Gasteiger partial charge in [-0.25, -0.2) is 19.6 Å². The number of urea groups is 1. The first kappa shape index (κ1) is 34.8. The second-order valence-electron chi connectivity index (χ2n) is 13.2. The highest BCUT2D eigenvalue weighted by Crippen LogP contribution is 2.36. The minimum Gasteiger partial charge on any atom is -0.444 e. The third-order valence-corrected chi connectivity index (χ3v) is 8.69. The zero-order valence-corrected chi connectivity index (χ0v) is 28.2. The van der Waals surface area contributed by atoms with Crippen molar-refractivity contribution in [2.24, 2.45) is 0 Å². The molecular formula is C32H36ClF3N10O4. The first-order valence-electron chi connectivity index (χ1n) is 16.0. The van der Waals surface area contributed by atoms with Crippen molar-refractivity contribution >= 4 is 46.8 Å². The Morgan fingerprint density at radius 2 is 1.68 bits per heavy atom. The molecule has 4 amide bonds. The van der Waals surface area contributed by atoms with Gasteiger partial charge in [0.05, 0.1) is 34.2 Å². The van der Waals surface area contributed by atoms with E-state index in [1.54, 1.807) is 48.8 Å². The normalized spacial score (nSPS) is 17.2. The number of amides is 4. The van der Waals surface area contributed by atoms with E-state index in [9.17, 15) is 27.6 Å². The monoisotopic (exact) mass is 716 g/mol. The van der Waals surface area contributed by atoms with Crippen molar-refractivity contribution in [2.45, 2.75) is 63.9 Å². The summed E-state index contributed by atoms with van der Waals surface area (Å²) in [6.07, 6.45) is 2.01. The van der Waals surface area contributed by atoms with Crippen LogP contribution in [-0.4, -0.2) is 96.3 Å². The Balaban J connectivity index is 1.02. The third kappa shape index (κ3) is 7.72. The Bertz CT molecular complexity index is 1900. The Morgan fingerprint density at radius 1 is 0.980 bits per heavy atom. The topological polar surface area (TPSA) is 162 Å². The Morgan fingerprint density at radius 3 is 2.38 bits per heavy atom. The number of carbonyl (C=O) groups is 3. The minimum atomic E-state index is -4.63. The molecule has 4 aromatic rings. The summed E-state index contributed by atoms with van der Waals surface area (Å²) in [5, 5.41) is 14.7. The van der Waals surface area contributed by atoms with E-state index in [0.29, 0.717) is 56.7 Å². The fourth-order valence-electron chi connectivity index (χ4n) is 5.99. The highest BCUT2D eigenvalue weighted by molar-refractivity contribution is 6.34. The van der Waals surface area contributed by atoms with Gasteiger partial charge in [0.25, 0.3) is 5.91 Å². The Labute approximate surface area is 289 Å². The zero-order chi connectivity index (χ0) is 35.8. The lowest BCUT2D eigenvalue weighted by Crippen LogP contribution is -2.51. The smallest absolute Gasteiger partial charge is 0.433 e. The average Bonchev–Trinajstić information content (AvgIpc) is 3.80. The molecule has 18 heteroatoms. The molecule has 6 rings (SSSR count). The van der Waals surface area contributed by atoms with Gasteiger partial charge in [-0.05, 0) is 58.2 Å². The number of piperidine rings is 1. The van der Waals surface area contributed by atoms with Gasteiger partial charge in [-0.2, -0.15) is 18.3 Å². The molecular weight excluding hydrogens is 681 g/mol. The molecule has 0 bridgehead atoms. The summed E-state index contributed by atoms with van der Waals surface area (Å²) in [6, 6.07) is 4.17. The van der Waals surface area contributed by atoms with Crippen molar-refractivity contribution in [1.82, 2.24) is 45.0 Å². The van der Waals surface area contributed by atoms with Crippen LogP contribution in [-0.2, 0) is 10.9 Å². The van der Waals surface area contributed by atoms with Gasteiger partial charge < -0.3 is 30.5 Å². The number of aromatic amines is 1. The summed E-state index contributed by atoms with van der Waals surface area (Å²) in [6.45, 7) is 7.12. The molecule has 0 saturated carbocycles. The number of hydrogen-bond donors (Lipinski definition) is 4.